The summed E-state index contributed by atoms with van der Waals surface area (Å²) in [5.41, 5.74) is 1.03. The minimum atomic E-state index is -0.445. The summed E-state index contributed by atoms with van der Waals surface area (Å²) in [4.78, 5) is 11.6. The van der Waals surface area contributed by atoms with Crippen LogP contribution in [0.1, 0.15) is 12.5 Å². The lowest BCUT2D eigenvalue weighted by Crippen LogP contribution is -2.35. The van der Waals surface area contributed by atoms with Gasteiger partial charge in [-0.1, -0.05) is 12.0 Å². The molecule has 0 radical (unpaired) electrons. The van der Waals surface area contributed by atoms with E-state index >= 15 is 0 Å². The summed E-state index contributed by atoms with van der Waals surface area (Å²) in [6.45, 7) is 2.43. The molecule has 0 saturated carbocycles. The van der Waals surface area contributed by atoms with Crippen LogP contribution in [0.3, 0.4) is 0 Å². The molecule has 0 heterocycles. The van der Waals surface area contributed by atoms with Crippen LogP contribution in [0, 0.1) is 12.3 Å². The summed E-state index contributed by atoms with van der Waals surface area (Å²) < 4.78 is 15.6. The first-order valence-electron chi connectivity index (χ1n) is 6.66. The second-order valence-corrected chi connectivity index (χ2v) is 4.40. The van der Waals surface area contributed by atoms with Gasteiger partial charge in [0, 0.05) is 13.7 Å². The van der Waals surface area contributed by atoms with Crippen LogP contribution in [0.25, 0.3) is 0 Å². The Kier molecular flexibility index (Phi) is 7.13. The number of terminal acetylenes is 1. The number of rotatable bonds is 8. The Morgan fingerprint density at radius 3 is 2.76 bits per heavy atom. The molecular weight excluding hydrogens is 270 g/mol. The highest BCUT2D eigenvalue weighted by Gasteiger charge is 2.10. The lowest BCUT2D eigenvalue weighted by molar-refractivity contribution is -0.129. The average molecular weight is 291 g/mol. The normalized spacial score (nSPS) is 11.3. The smallest absolute Gasteiger partial charge is 0.248 e. The number of amides is 1. The number of hydrogen-bond acceptors (Lipinski definition) is 4. The molecule has 1 amide bonds. The maximum Gasteiger partial charge on any atom is 0.248 e. The van der Waals surface area contributed by atoms with Gasteiger partial charge in [0.25, 0.3) is 0 Å². The number of nitrogens with one attached hydrogen (secondary N) is 1. The Morgan fingerprint density at radius 1 is 1.38 bits per heavy atom. The van der Waals surface area contributed by atoms with Crippen LogP contribution in [0.15, 0.2) is 18.2 Å². The van der Waals surface area contributed by atoms with Crippen LogP contribution >= 0.6 is 0 Å². The Morgan fingerprint density at radius 2 is 2.14 bits per heavy atom. The number of ether oxygens (including phenoxy) is 3. The fourth-order valence-electron chi connectivity index (χ4n) is 1.69. The van der Waals surface area contributed by atoms with Crippen LogP contribution < -0.4 is 14.8 Å². The molecule has 0 bridgehead atoms. The molecule has 1 aromatic rings. The Bertz CT molecular complexity index is 507. The third kappa shape index (κ3) is 5.36. The van der Waals surface area contributed by atoms with E-state index in [9.17, 15) is 4.79 Å². The first-order valence-corrected chi connectivity index (χ1v) is 6.66. The molecule has 1 rings (SSSR count). The molecular formula is C16H21NO4. The molecule has 1 atom stereocenters. The molecule has 21 heavy (non-hydrogen) atoms. The lowest BCUT2D eigenvalue weighted by atomic mass is 10.1. The van der Waals surface area contributed by atoms with E-state index in [1.807, 2.05) is 18.2 Å². The largest absolute Gasteiger partial charge is 0.493 e. The zero-order valence-corrected chi connectivity index (χ0v) is 12.6. The molecule has 5 nitrogen and oxygen atoms in total. The molecule has 1 aromatic carbocycles. The summed E-state index contributed by atoms with van der Waals surface area (Å²) in [7, 11) is 3.08. The van der Waals surface area contributed by atoms with Crippen molar-refractivity contribution in [1.29, 1.82) is 0 Å². The van der Waals surface area contributed by atoms with Gasteiger partial charge >= 0.3 is 0 Å². The third-order valence-electron chi connectivity index (χ3n) is 2.97. The lowest BCUT2D eigenvalue weighted by Gasteiger charge is -2.12. The van der Waals surface area contributed by atoms with Crippen LogP contribution in [0.5, 0.6) is 11.5 Å². The molecule has 1 unspecified atom stereocenters. The predicted octanol–water partition coefficient (Wildman–Crippen LogP) is 1.40. The molecule has 0 aromatic heterocycles. The fraction of sp³-hybridized carbons (Fsp3) is 0.438. The van der Waals surface area contributed by atoms with Crippen molar-refractivity contribution < 1.29 is 19.0 Å². The summed E-state index contributed by atoms with van der Waals surface area (Å²) in [6.07, 6.45) is 5.40. The third-order valence-corrected chi connectivity index (χ3v) is 2.97. The van der Waals surface area contributed by atoms with Gasteiger partial charge in [0.15, 0.2) is 11.5 Å². The van der Waals surface area contributed by atoms with Gasteiger partial charge in [0.2, 0.25) is 5.91 Å². The second kappa shape index (κ2) is 8.88. The zero-order valence-electron chi connectivity index (χ0n) is 12.6. The van der Waals surface area contributed by atoms with E-state index in [4.69, 9.17) is 20.6 Å². The molecule has 1 N–H and O–H groups in total. The van der Waals surface area contributed by atoms with Gasteiger partial charge in [-0.25, -0.2) is 0 Å². The predicted molar refractivity (Wildman–Crippen MR) is 80.5 cm³/mol. The summed E-state index contributed by atoms with van der Waals surface area (Å²) in [5.74, 6) is 3.51. The molecule has 114 valence electrons. The Labute approximate surface area is 125 Å². The van der Waals surface area contributed by atoms with Crippen molar-refractivity contribution >= 4 is 5.91 Å². The number of benzene rings is 1. The van der Waals surface area contributed by atoms with E-state index < -0.39 is 6.10 Å². The van der Waals surface area contributed by atoms with Gasteiger partial charge in [-0.2, -0.15) is 0 Å². The number of carbonyl (C=O) groups is 1. The number of hydrogen-bond donors (Lipinski definition) is 1. The number of methoxy groups -OCH3 is 2. The van der Waals surface area contributed by atoms with Crippen LogP contribution in [-0.2, 0) is 16.0 Å². The minimum absolute atomic E-state index is 0.126. The van der Waals surface area contributed by atoms with E-state index in [0.717, 1.165) is 5.56 Å². The molecule has 0 aliphatic rings. The van der Waals surface area contributed by atoms with Crippen molar-refractivity contribution in [3.8, 4) is 23.8 Å². The Hall–Kier alpha value is -2.19. The quantitative estimate of drug-likeness (QED) is 0.736. The van der Waals surface area contributed by atoms with Gasteiger partial charge in [0.1, 0.15) is 12.7 Å². The van der Waals surface area contributed by atoms with Crippen LogP contribution in [-0.4, -0.2) is 39.4 Å². The monoisotopic (exact) mass is 291 g/mol. The van der Waals surface area contributed by atoms with Gasteiger partial charge < -0.3 is 19.5 Å². The second-order valence-electron chi connectivity index (χ2n) is 4.40. The van der Waals surface area contributed by atoms with E-state index in [1.54, 1.807) is 14.0 Å². The van der Waals surface area contributed by atoms with Crippen molar-refractivity contribution in [1.82, 2.24) is 5.32 Å². The molecule has 0 spiro atoms. The molecule has 0 fully saturated rings. The topological polar surface area (TPSA) is 56.8 Å². The van der Waals surface area contributed by atoms with Crippen LogP contribution in [0.2, 0.25) is 0 Å². The van der Waals surface area contributed by atoms with Crippen molar-refractivity contribution in [2.24, 2.45) is 0 Å². The molecule has 0 aliphatic heterocycles. The number of carbonyl (C=O) groups excluding carboxylic acids is 1. The molecule has 0 saturated heterocycles. The maximum atomic E-state index is 11.6. The minimum Gasteiger partial charge on any atom is -0.493 e. The van der Waals surface area contributed by atoms with Gasteiger partial charge in [-0.15, -0.1) is 6.42 Å². The summed E-state index contributed by atoms with van der Waals surface area (Å²) in [5, 5.41) is 2.81. The van der Waals surface area contributed by atoms with Gasteiger partial charge in [-0.3, -0.25) is 4.79 Å². The summed E-state index contributed by atoms with van der Waals surface area (Å²) >= 11 is 0. The standard InChI is InChI=1S/C16H21NO4/c1-5-10-21-14-7-6-13(11-15(14)20-4)8-9-17-16(18)12(2)19-3/h1,6-7,11-12H,8-10H2,2-4H3,(H,17,18). The van der Waals surface area contributed by atoms with E-state index in [1.165, 1.54) is 7.11 Å². The highest BCUT2D eigenvalue weighted by atomic mass is 16.5. The first kappa shape index (κ1) is 16.9. The Balaban J connectivity index is 2.56. The van der Waals surface area contributed by atoms with Gasteiger partial charge in [-0.05, 0) is 31.0 Å². The fourth-order valence-corrected chi connectivity index (χ4v) is 1.69. The van der Waals surface area contributed by atoms with Crippen molar-refractivity contribution in [3.05, 3.63) is 23.8 Å². The average Bonchev–Trinajstić information content (AvgIpc) is 2.52. The highest BCUT2D eigenvalue weighted by molar-refractivity contribution is 5.80. The summed E-state index contributed by atoms with van der Waals surface area (Å²) in [6, 6.07) is 5.60. The van der Waals surface area contributed by atoms with Gasteiger partial charge in [0.05, 0.1) is 7.11 Å². The van der Waals surface area contributed by atoms with Crippen LogP contribution in [0.4, 0.5) is 0 Å². The maximum absolute atomic E-state index is 11.6. The molecule has 0 aliphatic carbocycles. The zero-order chi connectivity index (χ0) is 15.7. The molecule has 5 heteroatoms. The van der Waals surface area contributed by atoms with Crippen molar-refractivity contribution in [3.63, 3.8) is 0 Å². The van der Waals surface area contributed by atoms with E-state index in [0.29, 0.717) is 24.5 Å². The first-order chi connectivity index (χ1) is 10.1. The van der Waals surface area contributed by atoms with E-state index in [2.05, 4.69) is 11.2 Å². The van der Waals surface area contributed by atoms with E-state index in [-0.39, 0.29) is 12.5 Å². The van der Waals surface area contributed by atoms with Crippen molar-refractivity contribution in [2.75, 3.05) is 27.4 Å². The van der Waals surface area contributed by atoms with Crippen molar-refractivity contribution in [2.45, 2.75) is 19.4 Å². The highest BCUT2D eigenvalue weighted by Crippen LogP contribution is 2.28. The SMILES string of the molecule is C#CCOc1ccc(CCNC(=O)C(C)OC)cc1OC.